The van der Waals surface area contributed by atoms with Crippen molar-refractivity contribution < 1.29 is 4.39 Å². The molecule has 0 saturated carbocycles. The van der Waals surface area contributed by atoms with E-state index in [0.29, 0.717) is 0 Å². The molecule has 1 aliphatic heterocycles. The van der Waals surface area contributed by atoms with Gasteiger partial charge in [-0.15, -0.1) is 0 Å². The summed E-state index contributed by atoms with van der Waals surface area (Å²) in [4.78, 5) is 7.13. The smallest absolute Gasteiger partial charge is 0.165 e. The third-order valence-corrected chi connectivity index (χ3v) is 4.69. The van der Waals surface area contributed by atoms with Gasteiger partial charge in [-0.05, 0) is 50.8 Å². The van der Waals surface area contributed by atoms with E-state index in [1.54, 1.807) is 12.1 Å². The van der Waals surface area contributed by atoms with E-state index in [1.807, 2.05) is 18.4 Å². The summed E-state index contributed by atoms with van der Waals surface area (Å²) in [7, 11) is 0. The van der Waals surface area contributed by atoms with Gasteiger partial charge in [-0.3, -0.25) is 0 Å². The molecule has 0 unspecified atom stereocenters. The Bertz CT molecular complexity index is 877. The van der Waals surface area contributed by atoms with Gasteiger partial charge in [0.2, 0.25) is 0 Å². The molecule has 3 aromatic rings. The molecule has 1 aromatic carbocycles. The number of aryl methyl sites for hydroxylation is 2. The Labute approximate surface area is 140 Å². The number of fused-ring (bicyclic) bond motifs is 1. The van der Waals surface area contributed by atoms with Crippen LogP contribution >= 0.6 is 0 Å². The highest BCUT2D eigenvalue weighted by Crippen LogP contribution is 2.31. The lowest BCUT2D eigenvalue weighted by Crippen LogP contribution is -2.31. The molecule has 4 nitrogen and oxygen atoms in total. The average Bonchev–Trinajstić information content (AvgIpc) is 2.91. The molecule has 4 rings (SSSR count). The van der Waals surface area contributed by atoms with Crippen molar-refractivity contribution in [3.05, 3.63) is 47.5 Å². The highest BCUT2D eigenvalue weighted by molar-refractivity contribution is 5.81. The lowest BCUT2D eigenvalue weighted by molar-refractivity contribution is 0.568. The third kappa shape index (κ3) is 2.54. The molecule has 1 fully saturated rings. The second-order valence-corrected chi connectivity index (χ2v) is 6.51. The number of anilines is 1. The molecule has 24 heavy (non-hydrogen) atoms. The largest absolute Gasteiger partial charge is 0.356 e. The summed E-state index contributed by atoms with van der Waals surface area (Å²) >= 11 is 0. The Hall–Kier alpha value is -2.43. The molecule has 1 saturated heterocycles. The second-order valence-electron chi connectivity index (χ2n) is 6.51. The Morgan fingerprint density at radius 1 is 1.00 bits per heavy atom. The van der Waals surface area contributed by atoms with Crippen LogP contribution in [0.1, 0.15) is 30.7 Å². The molecule has 0 aliphatic carbocycles. The van der Waals surface area contributed by atoms with Crippen LogP contribution in [0.2, 0.25) is 0 Å². The first kappa shape index (κ1) is 15.1. The van der Waals surface area contributed by atoms with E-state index in [1.165, 1.54) is 31.4 Å². The minimum absolute atomic E-state index is 0.231. The van der Waals surface area contributed by atoms with Crippen molar-refractivity contribution >= 4 is 11.5 Å². The normalized spacial score (nSPS) is 15.2. The first-order valence-corrected chi connectivity index (χ1v) is 8.51. The zero-order valence-electron chi connectivity index (χ0n) is 14.1. The predicted molar refractivity (Wildman–Crippen MR) is 93.9 cm³/mol. The summed E-state index contributed by atoms with van der Waals surface area (Å²) in [6, 6.07) is 8.67. The SMILES string of the molecule is Cc1cc(N2CCCCC2)n2nc(C)c(-c3ccc(F)cc3)c2n1. The van der Waals surface area contributed by atoms with Gasteiger partial charge < -0.3 is 4.90 Å². The summed E-state index contributed by atoms with van der Waals surface area (Å²) in [5.74, 6) is 0.875. The molecule has 0 N–H and O–H groups in total. The van der Waals surface area contributed by atoms with E-state index < -0.39 is 0 Å². The zero-order valence-corrected chi connectivity index (χ0v) is 14.1. The van der Waals surface area contributed by atoms with Gasteiger partial charge in [0.05, 0.1) is 5.69 Å². The van der Waals surface area contributed by atoms with E-state index in [0.717, 1.165) is 47.1 Å². The molecule has 0 bridgehead atoms. The molecule has 0 atom stereocenters. The molecule has 1 aliphatic rings. The molecule has 124 valence electrons. The highest BCUT2D eigenvalue weighted by atomic mass is 19.1. The van der Waals surface area contributed by atoms with E-state index >= 15 is 0 Å². The quantitative estimate of drug-likeness (QED) is 0.710. The summed E-state index contributed by atoms with van der Waals surface area (Å²) in [5, 5.41) is 4.75. The fraction of sp³-hybridized carbons (Fsp3) is 0.368. The van der Waals surface area contributed by atoms with Gasteiger partial charge in [0.15, 0.2) is 5.65 Å². The first-order valence-electron chi connectivity index (χ1n) is 8.51. The van der Waals surface area contributed by atoms with Gasteiger partial charge in [-0.25, -0.2) is 9.37 Å². The lowest BCUT2D eigenvalue weighted by Gasteiger charge is -2.29. The third-order valence-electron chi connectivity index (χ3n) is 4.69. The molecule has 0 spiro atoms. The van der Waals surface area contributed by atoms with Crippen LogP contribution in [0, 0.1) is 19.7 Å². The summed E-state index contributed by atoms with van der Waals surface area (Å²) in [6.07, 6.45) is 3.73. The maximum absolute atomic E-state index is 13.3. The summed E-state index contributed by atoms with van der Waals surface area (Å²) in [6.45, 7) is 6.12. The van der Waals surface area contributed by atoms with Gasteiger partial charge in [-0.2, -0.15) is 9.61 Å². The molecule has 5 heteroatoms. The zero-order chi connectivity index (χ0) is 16.7. The monoisotopic (exact) mass is 324 g/mol. The molecular weight excluding hydrogens is 303 g/mol. The van der Waals surface area contributed by atoms with Crippen molar-refractivity contribution in [2.24, 2.45) is 0 Å². The Morgan fingerprint density at radius 3 is 2.42 bits per heavy atom. The van der Waals surface area contributed by atoms with Crippen molar-refractivity contribution in [1.29, 1.82) is 0 Å². The molecule has 3 heterocycles. The van der Waals surface area contributed by atoms with Crippen LogP contribution in [-0.2, 0) is 0 Å². The van der Waals surface area contributed by atoms with E-state index in [-0.39, 0.29) is 5.82 Å². The standard InChI is InChI=1S/C19H21FN4/c1-13-12-17(23-10-4-3-5-11-23)24-19(21-13)18(14(2)22-24)15-6-8-16(20)9-7-15/h6-9,12H,3-5,10-11H2,1-2H3. The highest BCUT2D eigenvalue weighted by Gasteiger charge is 2.20. The van der Waals surface area contributed by atoms with Gasteiger partial charge in [-0.1, -0.05) is 12.1 Å². The van der Waals surface area contributed by atoms with Crippen molar-refractivity contribution in [3.8, 4) is 11.1 Å². The fourth-order valence-corrected chi connectivity index (χ4v) is 3.53. The van der Waals surface area contributed by atoms with E-state index in [2.05, 4.69) is 11.0 Å². The Balaban J connectivity index is 1.91. The number of rotatable bonds is 2. The van der Waals surface area contributed by atoms with Crippen molar-refractivity contribution in [2.75, 3.05) is 18.0 Å². The van der Waals surface area contributed by atoms with Gasteiger partial charge >= 0.3 is 0 Å². The Kier molecular flexibility index (Phi) is 3.71. The topological polar surface area (TPSA) is 33.4 Å². The number of hydrogen-bond donors (Lipinski definition) is 0. The van der Waals surface area contributed by atoms with Gasteiger partial charge in [0, 0.05) is 30.4 Å². The summed E-state index contributed by atoms with van der Waals surface area (Å²) in [5.41, 5.74) is 4.67. The average molecular weight is 324 g/mol. The number of nitrogens with zero attached hydrogens (tertiary/aromatic N) is 4. The Morgan fingerprint density at radius 2 is 1.71 bits per heavy atom. The van der Waals surface area contributed by atoms with Gasteiger partial charge in [0.25, 0.3) is 0 Å². The molecule has 0 amide bonds. The number of benzene rings is 1. The van der Waals surface area contributed by atoms with Crippen LogP contribution in [0.15, 0.2) is 30.3 Å². The first-order chi connectivity index (χ1) is 11.6. The van der Waals surface area contributed by atoms with Crippen LogP contribution in [-0.4, -0.2) is 27.7 Å². The number of aromatic nitrogens is 3. The lowest BCUT2D eigenvalue weighted by atomic mass is 10.1. The summed E-state index contributed by atoms with van der Waals surface area (Å²) < 4.78 is 15.2. The van der Waals surface area contributed by atoms with Crippen molar-refractivity contribution in [2.45, 2.75) is 33.1 Å². The number of piperidine rings is 1. The number of hydrogen-bond acceptors (Lipinski definition) is 3. The van der Waals surface area contributed by atoms with Crippen LogP contribution in [0.25, 0.3) is 16.8 Å². The minimum atomic E-state index is -0.231. The van der Waals surface area contributed by atoms with E-state index in [9.17, 15) is 4.39 Å². The van der Waals surface area contributed by atoms with Gasteiger partial charge in [0.1, 0.15) is 11.6 Å². The fourth-order valence-electron chi connectivity index (χ4n) is 3.53. The maximum atomic E-state index is 13.3. The van der Waals surface area contributed by atoms with Crippen molar-refractivity contribution in [1.82, 2.24) is 14.6 Å². The van der Waals surface area contributed by atoms with Crippen molar-refractivity contribution in [3.63, 3.8) is 0 Å². The van der Waals surface area contributed by atoms with Crippen LogP contribution in [0.3, 0.4) is 0 Å². The van der Waals surface area contributed by atoms with Crippen LogP contribution in [0.5, 0.6) is 0 Å². The van der Waals surface area contributed by atoms with Crippen LogP contribution < -0.4 is 4.90 Å². The molecular formula is C19H21FN4. The molecule has 0 radical (unpaired) electrons. The number of halogens is 1. The maximum Gasteiger partial charge on any atom is 0.165 e. The molecule has 2 aromatic heterocycles. The van der Waals surface area contributed by atoms with E-state index in [4.69, 9.17) is 10.1 Å². The van der Waals surface area contributed by atoms with Crippen LogP contribution in [0.4, 0.5) is 10.2 Å². The minimum Gasteiger partial charge on any atom is -0.356 e. The predicted octanol–water partition coefficient (Wildman–Crippen LogP) is 4.14. The second kappa shape index (κ2) is 5.89.